The average molecular weight is 245 g/mol. The van der Waals surface area contributed by atoms with Crippen LogP contribution in [0.15, 0.2) is 48.5 Å². The fraction of sp³-hybridized carbons (Fsp3) is 0.200. The second kappa shape index (κ2) is 4.78. The molecule has 2 nitrogen and oxygen atoms in total. The van der Waals surface area contributed by atoms with Crippen LogP contribution in [0.4, 0.5) is 4.39 Å². The number of nitrogens with two attached hydrogens (primary N) is 1. The summed E-state index contributed by atoms with van der Waals surface area (Å²) in [6.07, 6.45) is 0.624. The third-order valence-corrected chi connectivity index (χ3v) is 3.01. The molecule has 0 fully saturated rings. The normalized spacial score (nSPS) is 14.2. The molecule has 2 aromatic rings. The molecular formula is C15H16FNO. The lowest BCUT2D eigenvalue weighted by atomic mass is 9.86. The molecule has 1 atom stereocenters. The summed E-state index contributed by atoms with van der Waals surface area (Å²) in [6.45, 7) is 1.91. The molecule has 0 aliphatic carbocycles. The lowest BCUT2D eigenvalue weighted by Gasteiger charge is -2.25. The van der Waals surface area contributed by atoms with Gasteiger partial charge in [0.1, 0.15) is 11.6 Å². The third kappa shape index (κ3) is 2.87. The molecule has 0 aromatic heterocycles. The van der Waals surface area contributed by atoms with Crippen molar-refractivity contribution in [2.24, 2.45) is 5.73 Å². The molecule has 0 spiro atoms. The van der Waals surface area contributed by atoms with Gasteiger partial charge in [0.05, 0.1) is 0 Å². The van der Waals surface area contributed by atoms with E-state index in [9.17, 15) is 9.50 Å². The maximum atomic E-state index is 12.9. The number of aromatic hydroxyl groups is 1. The van der Waals surface area contributed by atoms with Gasteiger partial charge in [0, 0.05) is 5.54 Å². The van der Waals surface area contributed by atoms with E-state index in [-0.39, 0.29) is 11.6 Å². The van der Waals surface area contributed by atoms with E-state index in [2.05, 4.69) is 0 Å². The summed E-state index contributed by atoms with van der Waals surface area (Å²) in [5, 5.41) is 9.23. The average Bonchev–Trinajstić information content (AvgIpc) is 2.32. The van der Waals surface area contributed by atoms with Crippen molar-refractivity contribution < 1.29 is 9.50 Å². The molecule has 0 saturated carbocycles. The summed E-state index contributed by atoms with van der Waals surface area (Å²) in [5.41, 5.74) is 7.62. The van der Waals surface area contributed by atoms with Crippen LogP contribution in [0.1, 0.15) is 18.1 Å². The number of benzene rings is 2. The minimum Gasteiger partial charge on any atom is -0.508 e. The van der Waals surface area contributed by atoms with Crippen molar-refractivity contribution >= 4 is 0 Å². The predicted octanol–water partition coefficient (Wildman–Crippen LogP) is 2.95. The molecule has 1 unspecified atom stereocenters. The standard InChI is InChI=1S/C15H16FNO/c1-15(17,12-4-6-13(16)7-5-12)10-11-2-8-14(18)9-3-11/h2-9,18H,10,17H2,1H3. The largest absolute Gasteiger partial charge is 0.508 e. The summed E-state index contributed by atoms with van der Waals surface area (Å²) in [6, 6.07) is 13.2. The number of rotatable bonds is 3. The molecule has 0 aliphatic heterocycles. The van der Waals surface area contributed by atoms with Crippen LogP contribution in [0.25, 0.3) is 0 Å². The van der Waals surface area contributed by atoms with E-state index in [0.29, 0.717) is 6.42 Å². The monoisotopic (exact) mass is 245 g/mol. The van der Waals surface area contributed by atoms with Gasteiger partial charge in [-0.25, -0.2) is 4.39 Å². The van der Waals surface area contributed by atoms with Crippen LogP contribution in [-0.4, -0.2) is 5.11 Å². The second-order valence-electron chi connectivity index (χ2n) is 4.77. The topological polar surface area (TPSA) is 46.2 Å². The predicted molar refractivity (Wildman–Crippen MR) is 69.8 cm³/mol. The van der Waals surface area contributed by atoms with Crippen LogP contribution in [0.2, 0.25) is 0 Å². The SMILES string of the molecule is CC(N)(Cc1ccc(O)cc1)c1ccc(F)cc1. The summed E-state index contributed by atoms with van der Waals surface area (Å²) < 4.78 is 12.9. The van der Waals surface area contributed by atoms with Gasteiger partial charge in [0.15, 0.2) is 0 Å². The molecule has 0 saturated heterocycles. The maximum Gasteiger partial charge on any atom is 0.123 e. The highest BCUT2D eigenvalue weighted by atomic mass is 19.1. The molecule has 3 N–H and O–H groups in total. The summed E-state index contributed by atoms with van der Waals surface area (Å²) in [7, 11) is 0. The van der Waals surface area contributed by atoms with Crippen molar-refractivity contribution in [1.29, 1.82) is 0 Å². The highest BCUT2D eigenvalue weighted by Gasteiger charge is 2.21. The van der Waals surface area contributed by atoms with Crippen molar-refractivity contribution in [3.05, 3.63) is 65.5 Å². The Kier molecular flexibility index (Phi) is 3.34. The minimum absolute atomic E-state index is 0.235. The van der Waals surface area contributed by atoms with Crippen molar-refractivity contribution in [1.82, 2.24) is 0 Å². The van der Waals surface area contributed by atoms with E-state index in [4.69, 9.17) is 5.73 Å². The third-order valence-electron chi connectivity index (χ3n) is 3.01. The first kappa shape index (κ1) is 12.6. The van der Waals surface area contributed by atoms with Gasteiger partial charge in [-0.2, -0.15) is 0 Å². The van der Waals surface area contributed by atoms with Crippen LogP contribution in [0.5, 0.6) is 5.75 Å². The molecule has 0 heterocycles. The Morgan fingerprint density at radius 2 is 1.61 bits per heavy atom. The molecule has 0 bridgehead atoms. The van der Waals surface area contributed by atoms with E-state index < -0.39 is 5.54 Å². The molecule has 2 aromatic carbocycles. The van der Waals surface area contributed by atoms with Crippen LogP contribution in [-0.2, 0) is 12.0 Å². The fourth-order valence-corrected chi connectivity index (χ4v) is 1.97. The number of phenols is 1. The Labute approximate surface area is 106 Å². The van der Waals surface area contributed by atoms with Gasteiger partial charge in [0.25, 0.3) is 0 Å². The van der Waals surface area contributed by atoms with E-state index in [0.717, 1.165) is 11.1 Å². The molecule has 0 aliphatic rings. The summed E-state index contributed by atoms with van der Waals surface area (Å²) in [5.74, 6) is -0.0292. The van der Waals surface area contributed by atoms with Crippen molar-refractivity contribution in [2.45, 2.75) is 18.9 Å². The van der Waals surface area contributed by atoms with E-state index >= 15 is 0 Å². The van der Waals surface area contributed by atoms with Crippen LogP contribution in [0, 0.1) is 5.82 Å². The molecule has 0 amide bonds. The quantitative estimate of drug-likeness (QED) is 0.873. The van der Waals surface area contributed by atoms with Gasteiger partial charge in [-0.3, -0.25) is 0 Å². The van der Waals surface area contributed by atoms with E-state index in [1.807, 2.05) is 19.1 Å². The summed E-state index contributed by atoms with van der Waals surface area (Å²) >= 11 is 0. The zero-order valence-electron chi connectivity index (χ0n) is 10.2. The van der Waals surface area contributed by atoms with Gasteiger partial charge >= 0.3 is 0 Å². The first-order chi connectivity index (χ1) is 8.47. The Balaban J connectivity index is 2.20. The van der Waals surface area contributed by atoms with E-state index in [1.165, 1.54) is 12.1 Å². The Hall–Kier alpha value is -1.87. The van der Waals surface area contributed by atoms with Gasteiger partial charge in [-0.1, -0.05) is 24.3 Å². The van der Waals surface area contributed by atoms with Crippen molar-refractivity contribution in [3.63, 3.8) is 0 Å². The first-order valence-corrected chi connectivity index (χ1v) is 5.80. The molecule has 18 heavy (non-hydrogen) atoms. The van der Waals surface area contributed by atoms with Gasteiger partial charge < -0.3 is 10.8 Å². The van der Waals surface area contributed by atoms with Crippen molar-refractivity contribution in [2.75, 3.05) is 0 Å². The number of hydrogen-bond acceptors (Lipinski definition) is 2. The van der Waals surface area contributed by atoms with Crippen LogP contribution < -0.4 is 5.73 Å². The molecule has 2 rings (SSSR count). The Morgan fingerprint density at radius 1 is 1.06 bits per heavy atom. The zero-order valence-corrected chi connectivity index (χ0v) is 10.2. The minimum atomic E-state index is -0.565. The van der Waals surface area contributed by atoms with Gasteiger partial charge in [-0.15, -0.1) is 0 Å². The van der Waals surface area contributed by atoms with Crippen molar-refractivity contribution in [3.8, 4) is 5.75 Å². The zero-order chi connectivity index (χ0) is 13.2. The second-order valence-corrected chi connectivity index (χ2v) is 4.77. The fourth-order valence-electron chi connectivity index (χ4n) is 1.97. The molecule has 94 valence electrons. The first-order valence-electron chi connectivity index (χ1n) is 5.80. The molecule has 3 heteroatoms. The lowest BCUT2D eigenvalue weighted by molar-refractivity contribution is 0.471. The van der Waals surface area contributed by atoms with Gasteiger partial charge in [0.2, 0.25) is 0 Å². The Bertz CT molecular complexity index is 517. The molecule has 0 radical (unpaired) electrons. The smallest absolute Gasteiger partial charge is 0.123 e. The van der Waals surface area contributed by atoms with E-state index in [1.54, 1.807) is 24.3 Å². The highest BCUT2D eigenvalue weighted by molar-refractivity contribution is 5.31. The van der Waals surface area contributed by atoms with Crippen LogP contribution in [0.3, 0.4) is 0 Å². The number of halogens is 1. The van der Waals surface area contributed by atoms with Gasteiger partial charge in [-0.05, 0) is 48.7 Å². The molecular weight excluding hydrogens is 229 g/mol. The lowest BCUT2D eigenvalue weighted by Crippen LogP contribution is -2.35. The number of hydrogen-bond donors (Lipinski definition) is 2. The summed E-state index contributed by atoms with van der Waals surface area (Å²) in [4.78, 5) is 0. The maximum absolute atomic E-state index is 12.9. The number of phenolic OH excluding ortho intramolecular Hbond substituents is 1. The van der Waals surface area contributed by atoms with Crippen LogP contribution >= 0.6 is 0 Å². The highest BCUT2D eigenvalue weighted by Crippen LogP contribution is 2.23. The Morgan fingerprint density at radius 3 is 2.17 bits per heavy atom.